The Balaban J connectivity index is 0.923. The van der Waals surface area contributed by atoms with Crippen LogP contribution >= 0.6 is 11.3 Å². The lowest BCUT2D eigenvalue weighted by atomic mass is 9.79. The molecule has 0 unspecified atom stereocenters. The Morgan fingerprint density at radius 1 is 0.982 bits per heavy atom. The number of thiazole rings is 1. The number of amides is 1. The van der Waals surface area contributed by atoms with Gasteiger partial charge in [0.15, 0.2) is 5.65 Å². The Hall–Kier alpha value is -5.38. The number of hydrogen-bond donors (Lipinski definition) is 1. The van der Waals surface area contributed by atoms with Gasteiger partial charge < -0.3 is 19.3 Å². The van der Waals surface area contributed by atoms with Crippen LogP contribution in [0.4, 0.5) is 13.2 Å². The topological polar surface area (TPSA) is 119 Å². The number of likely N-dealkylation sites (tertiary alicyclic amines) is 2. The number of methoxy groups -OCH3 is 1. The lowest BCUT2D eigenvalue weighted by molar-refractivity contribution is -0.142. The molecule has 6 heterocycles. The van der Waals surface area contributed by atoms with Crippen LogP contribution in [-0.2, 0) is 24.1 Å². The molecule has 4 aromatic heterocycles. The zero-order valence-corrected chi connectivity index (χ0v) is 31.4. The number of halogens is 3. The van der Waals surface area contributed by atoms with Gasteiger partial charge in [0.1, 0.15) is 11.3 Å². The van der Waals surface area contributed by atoms with Crippen LogP contribution in [0.15, 0.2) is 103 Å². The molecule has 2 atom stereocenters. The van der Waals surface area contributed by atoms with E-state index in [0.717, 1.165) is 46.2 Å². The number of fused-ring (bicyclic) bond motifs is 1. The highest BCUT2D eigenvalue weighted by molar-refractivity contribution is 7.15. The van der Waals surface area contributed by atoms with Crippen molar-refractivity contribution in [2.24, 2.45) is 5.92 Å². The first-order valence-electron chi connectivity index (χ1n) is 18.5. The molecule has 290 valence electrons. The third-order valence-electron chi connectivity index (χ3n) is 11.0. The second-order valence-electron chi connectivity index (χ2n) is 14.6. The predicted molar refractivity (Wildman–Crippen MR) is 206 cm³/mol. The van der Waals surface area contributed by atoms with Crippen LogP contribution in [0.2, 0.25) is 0 Å². The number of carbonyl (C=O) groups is 1. The van der Waals surface area contributed by atoms with Gasteiger partial charge in [0.05, 0.1) is 30.2 Å². The molecule has 6 aromatic rings. The summed E-state index contributed by atoms with van der Waals surface area (Å²) >= 11 is 1.63. The van der Waals surface area contributed by atoms with E-state index in [4.69, 9.17) is 4.74 Å². The number of hydrogen-bond acceptors (Lipinski definition) is 9. The zero-order valence-electron chi connectivity index (χ0n) is 30.6. The van der Waals surface area contributed by atoms with Crippen LogP contribution < -0.4 is 10.3 Å². The van der Waals surface area contributed by atoms with E-state index in [1.54, 1.807) is 24.6 Å². The van der Waals surface area contributed by atoms with Crippen LogP contribution in [0.5, 0.6) is 5.88 Å². The van der Waals surface area contributed by atoms with E-state index >= 15 is 0 Å². The zero-order chi connectivity index (χ0) is 39.0. The van der Waals surface area contributed by atoms with Gasteiger partial charge in [0.2, 0.25) is 11.8 Å². The van der Waals surface area contributed by atoms with E-state index in [-0.39, 0.29) is 53.9 Å². The molecule has 0 radical (unpaired) electrons. The minimum Gasteiger partial charge on any atom is -0.481 e. The van der Waals surface area contributed by atoms with E-state index in [1.165, 1.54) is 39.9 Å². The fourth-order valence-corrected chi connectivity index (χ4v) is 8.86. The number of ether oxygens (including phenoxy) is 1. The Kier molecular flexibility index (Phi) is 10.2. The molecule has 8 rings (SSSR count). The van der Waals surface area contributed by atoms with Gasteiger partial charge in [-0.3, -0.25) is 19.1 Å². The largest absolute Gasteiger partial charge is 0.481 e. The number of aliphatic hydroxyl groups is 1. The summed E-state index contributed by atoms with van der Waals surface area (Å²) in [5.41, 5.74) is 0.0342. The van der Waals surface area contributed by atoms with Gasteiger partial charge in [-0.2, -0.15) is 13.2 Å². The van der Waals surface area contributed by atoms with Gasteiger partial charge in [0.25, 0.3) is 5.56 Å². The molecule has 0 saturated carbocycles. The predicted octanol–water partition coefficient (Wildman–Crippen LogP) is 6.39. The quantitative estimate of drug-likeness (QED) is 0.179. The fourth-order valence-electron chi connectivity index (χ4n) is 7.92. The summed E-state index contributed by atoms with van der Waals surface area (Å²) in [5.74, 6) is 0.380. The molecule has 0 spiro atoms. The monoisotopic (exact) mass is 783 g/mol. The smallest absolute Gasteiger partial charge is 0.416 e. The summed E-state index contributed by atoms with van der Waals surface area (Å²) in [4.78, 5) is 46.5. The summed E-state index contributed by atoms with van der Waals surface area (Å²) in [6.07, 6.45) is 3.24. The van der Waals surface area contributed by atoms with E-state index in [2.05, 4.69) is 32.0 Å². The molecule has 56 heavy (non-hydrogen) atoms. The van der Waals surface area contributed by atoms with Crippen molar-refractivity contribution in [2.45, 2.75) is 50.0 Å². The van der Waals surface area contributed by atoms with Crippen LogP contribution in [0.3, 0.4) is 0 Å². The van der Waals surface area contributed by atoms with E-state index in [9.17, 15) is 27.9 Å². The summed E-state index contributed by atoms with van der Waals surface area (Å²) < 4.78 is 48.0. The minimum atomic E-state index is -4.51. The van der Waals surface area contributed by atoms with Crippen LogP contribution in [0.1, 0.15) is 41.2 Å². The molecular weight excluding hydrogens is 744 g/mol. The molecule has 2 fully saturated rings. The molecule has 2 aromatic carbocycles. The first-order valence-corrected chi connectivity index (χ1v) is 19.3. The molecule has 2 saturated heterocycles. The number of benzene rings is 2. The molecule has 11 nitrogen and oxygen atoms in total. The normalized spacial score (nSPS) is 19.0. The van der Waals surface area contributed by atoms with Crippen LogP contribution in [-0.4, -0.2) is 83.8 Å². The molecule has 0 bridgehead atoms. The lowest BCUT2D eigenvalue weighted by Crippen LogP contribution is -2.53. The standard InChI is InChI=1S/C41H40F3N7O4S/c1-55-35-11-10-28(21-45-35)37-46-22-31(56-37)23-48-16-12-32(34(24-48)27-6-3-2-4-7-27)38(52)49-18-14-40(54,15-19-49)25-50-26-47-36-33(39(50)53)13-17-51(36)30-9-5-8-29(20-30)41(42,43)44/h2-11,13,17,20-22,26,32,34,54H,12,14-16,18-19,23-25H2,1H3/t32-,34+/m1/s1. The van der Waals surface area contributed by atoms with Gasteiger partial charge in [-0.05, 0) is 61.7 Å². The first-order chi connectivity index (χ1) is 27.0. The van der Waals surface area contributed by atoms with Crippen molar-refractivity contribution in [1.29, 1.82) is 0 Å². The number of piperidine rings is 2. The van der Waals surface area contributed by atoms with Gasteiger partial charge in [-0.15, -0.1) is 11.3 Å². The SMILES string of the molecule is COc1ccc(-c2ncc(CN3CC[C@@H](C(=O)N4CCC(O)(Cn5cnc6c(ccn6-c6cccc(C(F)(F)F)c6)c5=O)CC4)[C@H](c4ccccc4)C3)s2)cn1. The van der Waals surface area contributed by atoms with Crippen LogP contribution in [0.25, 0.3) is 27.3 Å². The average Bonchev–Trinajstić information content (AvgIpc) is 3.87. The minimum absolute atomic E-state index is 0.0175. The number of alkyl halides is 3. The number of rotatable bonds is 9. The first kappa shape index (κ1) is 37.5. The van der Waals surface area contributed by atoms with E-state index in [1.807, 2.05) is 41.4 Å². The third-order valence-corrected chi connectivity index (χ3v) is 12.0. The van der Waals surface area contributed by atoms with Crippen molar-refractivity contribution < 1.29 is 27.8 Å². The number of nitrogens with zero attached hydrogens (tertiary/aromatic N) is 7. The molecular formula is C41H40F3N7O4S. The molecule has 2 aliphatic rings. The van der Waals surface area contributed by atoms with Crippen molar-refractivity contribution in [3.8, 4) is 22.1 Å². The number of aromatic nitrogens is 5. The third kappa shape index (κ3) is 7.71. The van der Waals surface area contributed by atoms with Gasteiger partial charge in [0, 0.05) is 78.8 Å². The van der Waals surface area contributed by atoms with Crippen LogP contribution in [0, 0.1) is 5.92 Å². The summed E-state index contributed by atoms with van der Waals surface area (Å²) in [5, 5.41) is 12.8. The van der Waals surface area contributed by atoms with Gasteiger partial charge >= 0.3 is 6.18 Å². The second-order valence-corrected chi connectivity index (χ2v) is 15.7. The Labute approximate surface area is 324 Å². The molecule has 15 heteroatoms. The lowest BCUT2D eigenvalue weighted by Gasteiger charge is -2.43. The highest BCUT2D eigenvalue weighted by Crippen LogP contribution is 2.37. The second kappa shape index (κ2) is 15.3. The highest BCUT2D eigenvalue weighted by atomic mass is 32.1. The van der Waals surface area contributed by atoms with Crippen molar-refractivity contribution in [2.75, 3.05) is 33.3 Å². The van der Waals surface area contributed by atoms with Gasteiger partial charge in [-0.1, -0.05) is 36.4 Å². The molecule has 2 aliphatic heterocycles. The van der Waals surface area contributed by atoms with E-state index in [0.29, 0.717) is 31.9 Å². The van der Waals surface area contributed by atoms with Gasteiger partial charge in [-0.25, -0.2) is 15.0 Å². The van der Waals surface area contributed by atoms with E-state index < -0.39 is 22.9 Å². The fraction of sp³-hybridized carbons (Fsp3) is 0.341. The number of carbonyl (C=O) groups excluding carboxylic acids is 1. The maximum absolute atomic E-state index is 14.2. The maximum Gasteiger partial charge on any atom is 0.416 e. The molecule has 1 N–H and O–H groups in total. The van der Waals surface area contributed by atoms with Crippen molar-refractivity contribution >= 4 is 28.3 Å². The average molecular weight is 784 g/mol. The molecule has 0 aliphatic carbocycles. The Morgan fingerprint density at radius 3 is 2.52 bits per heavy atom. The maximum atomic E-state index is 14.2. The highest BCUT2D eigenvalue weighted by Gasteiger charge is 2.41. The van der Waals surface area contributed by atoms with Crippen molar-refractivity contribution in [3.05, 3.63) is 124 Å². The van der Waals surface area contributed by atoms with Crippen molar-refractivity contribution in [1.82, 2.24) is 33.9 Å². The number of pyridine rings is 1. The Bertz CT molecular complexity index is 2390. The molecule has 1 amide bonds. The summed E-state index contributed by atoms with van der Waals surface area (Å²) in [6.45, 7) is 2.85. The summed E-state index contributed by atoms with van der Waals surface area (Å²) in [6, 6.07) is 20.3. The van der Waals surface area contributed by atoms with Crippen molar-refractivity contribution in [3.63, 3.8) is 0 Å². The Morgan fingerprint density at radius 2 is 1.79 bits per heavy atom. The summed E-state index contributed by atoms with van der Waals surface area (Å²) in [7, 11) is 1.58.